The summed E-state index contributed by atoms with van der Waals surface area (Å²) in [5.41, 5.74) is 2.88. The van der Waals surface area contributed by atoms with E-state index in [4.69, 9.17) is 5.11 Å². The molecule has 142 valence electrons. The third-order valence-electron chi connectivity index (χ3n) is 4.72. The van der Waals surface area contributed by atoms with Gasteiger partial charge in [0.15, 0.2) is 0 Å². The van der Waals surface area contributed by atoms with Crippen LogP contribution in [0.3, 0.4) is 0 Å². The average molecular weight is 371 g/mol. The van der Waals surface area contributed by atoms with Crippen LogP contribution in [0.1, 0.15) is 45.9 Å². The number of aliphatic hydroxyl groups excluding tert-OH is 2. The zero-order valence-corrected chi connectivity index (χ0v) is 15.2. The number of aryl methyl sites for hydroxylation is 3. The van der Waals surface area contributed by atoms with Crippen molar-refractivity contribution in [1.82, 2.24) is 34.3 Å². The topological polar surface area (TPSA) is 122 Å². The van der Waals surface area contributed by atoms with Gasteiger partial charge in [0.05, 0.1) is 24.5 Å². The number of carbonyl (C=O) groups is 1. The molecule has 0 spiro atoms. The van der Waals surface area contributed by atoms with Crippen molar-refractivity contribution in [2.75, 3.05) is 13.2 Å². The number of aliphatic hydroxyl groups is 2. The van der Waals surface area contributed by atoms with Crippen LogP contribution in [0.15, 0.2) is 12.1 Å². The number of hydrogen-bond donors (Lipinski definition) is 2. The summed E-state index contributed by atoms with van der Waals surface area (Å²) in [6, 6.07) is 3.61. The minimum Gasteiger partial charge on any atom is -0.393 e. The molecule has 3 aromatic heterocycles. The van der Waals surface area contributed by atoms with Crippen LogP contribution in [0.25, 0.3) is 5.78 Å². The first kappa shape index (κ1) is 17.6. The molecule has 0 aliphatic carbocycles. The third-order valence-corrected chi connectivity index (χ3v) is 4.72. The molecule has 2 N–H and O–H groups in total. The van der Waals surface area contributed by atoms with Gasteiger partial charge in [0.2, 0.25) is 5.82 Å². The number of amides is 1. The predicted octanol–water partition coefficient (Wildman–Crippen LogP) is 0.00944. The van der Waals surface area contributed by atoms with Gasteiger partial charge in [-0.15, -0.1) is 10.2 Å². The molecule has 3 aromatic rings. The number of rotatable bonds is 3. The average Bonchev–Trinajstić information content (AvgIpc) is 3.19. The summed E-state index contributed by atoms with van der Waals surface area (Å²) >= 11 is 0. The van der Waals surface area contributed by atoms with E-state index >= 15 is 0 Å². The Morgan fingerprint density at radius 3 is 2.85 bits per heavy atom. The summed E-state index contributed by atoms with van der Waals surface area (Å²) in [5, 5.41) is 31.4. The first-order valence-electron chi connectivity index (χ1n) is 8.82. The normalized spacial score (nSPS) is 15.6. The molecular formula is C17H21N7O3. The van der Waals surface area contributed by atoms with Gasteiger partial charge in [-0.2, -0.15) is 5.10 Å². The van der Waals surface area contributed by atoms with E-state index in [0.29, 0.717) is 31.1 Å². The van der Waals surface area contributed by atoms with E-state index in [2.05, 4.69) is 20.3 Å². The third kappa shape index (κ3) is 3.06. The molecule has 0 radical (unpaired) electrons. The Labute approximate surface area is 155 Å². The van der Waals surface area contributed by atoms with Gasteiger partial charge in [0.1, 0.15) is 6.10 Å². The standard InChI is InChI=1S/C17H21N7O3/c1-10-6-11(2)24-15(19-20-17(24)18-10)16(27)22-4-3-5-23-12(8-22)7-13(21-23)14(26)9-25/h6-7,14,25-26H,3-5,8-9H2,1-2H3/t14-/m0/s1. The largest absolute Gasteiger partial charge is 0.393 e. The van der Waals surface area contributed by atoms with Gasteiger partial charge in [-0.25, -0.2) is 4.98 Å². The van der Waals surface area contributed by atoms with Crippen LogP contribution < -0.4 is 0 Å². The molecular weight excluding hydrogens is 350 g/mol. The summed E-state index contributed by atoms with van der Waals surface area (Å²) < 4.78 is 3.44. The predicted molar refractivity (Wildman–Crippen MR) is 93.9 cm³/mol. The van der Waals surface area contributed by atoms with Crippen LogP contribution in [-0.4, -0.2) is 63.5 Å². The molecule has 1 amide bonds. The highest BCUT2D eigenvalue weighted by Gasteiger charge is 2.26. The Bertz CT molecular complexity index is 1010. The van der Waals surface area contributed by atoms with Crippen LogP contribution in [0.2, 0.25) is 0 Å². The Hall–Kier alpha value is -2.85. The van der Waals surface area contributed by atoms with E-state index in [0.717, 1.165) is 23.5 Å². The molecule has 1 aliphatic rings. The van der Waals surface area contributed by atoms with Crippen LogP contribution >= 0.6 is 0 Å². The second kappa shape index (κ2) is 6.71. The molecule has 0 saturated carbocycles. The Morgan fingerprint density at radius 2 is 2.07 bits per heavy atom. The van der Waals surface area contributed by atoms with E-state index in [1.807, 2.05) is 19.9 Å². The molecule has 1 atom stereocenters. The SMILES string of the molecule is Cc1cc(C)n2c(C(=O)N3CCCn4nc([C@@H](O)CO)cc4C3)nnc2n1. The lowest BCUT2D eigenvalue weighted by Crippen LogP contribution is -2.32. The molecule has 10 nitrogen and oxygen atoms in total. The monoisotopic (exact) mass is 371 g/mol. The minimum absolute atomic E-state index is 0.227. The molecule has 4 rings (SSSR count). The lowest BCUT2D eigenvalue weighted by molar-refractivity contribution is 0.0731. The fraction of sp³-hybridized carbons (Fsp3) is 0.471. The smallest absolute Gasteiger partial charge is 0.292 e. The molecule has 10 heteroatoms. The molecule has 0 unspecified atom stereocenters. The van der Waals surface area contributed by atoms with E-state index in [9.17, 15) is 9.90 Å². The zero-order valence-electron chi connectivity index (χ0n) is 15.2. The van der Waals surface area contributed by atoms with E-state index in [1.54, 1.807) is 20.0 Å². The highest BCUT2D eigenvalue weighted by molar-refractivity contribution is 5.91. The maximum Gasteiger partial charge on any atom is 0.292 e. The molecule has 0 aromatic carbocycles. The molecule has 4 heterocycles. The van der Waals surface area contributed by atoms with Gasteiger partial charge in [0.25, 0.3) is 11.7 Å². The van der Waals surface area contributed by atoms with Gasteiger partial charge in [-0.1, -0.05) is 0 Å². The number of carbonyl (C=O) groups excluding carboxylic acids is 1. The van der Waals surface area contributed by atoms with Crippen molar-refractivity contribution in [2.24, 2.45) is 0 Å². The number of fused-ring (bicyclic) bond motifs is 2. The number of hydrogen-bond acceptors (Lipinski definition) is 7. The zero-order chi connectivity index (χ0) is 19.1. The first-order valence-corrected chi connectivity index (χ1v) is 8.82. The van der Waals surface area contributed by atoms with E-state index < -0.39 is 12.7 Å². The summed E-state index contributed by atoms with van der Waals surface area (Å²) in [7, 11) is 0. The van der Waals surface area contributed by atoms with Crippen LogP contribution in [0.5, 0.6) is 0 Å². The Kier molecular flexibility index (Phi) is 4.36. The van der Waals surface area contributed by atoms with Crippen LogP contribution in [-0.2, 0) is 13.1 Å². The number of aromatic nitrogens is 6. The van der Waals surface area contributed by atoms with Gasteiger partial charge < -0.3 is 15.1 Å². The van der Waals surface area contributed by atoms with Crippen molar-refractivity contribution in [3.8, 4) is 0 Å². The van der Waals surface area contributed by atoms with Gasteiger partial charge >= 0.3 is 0 Å². The quantitative estimate of drug-likeness (QED) is 0.665. The Balaban J connectivity index is 1.66. The summed E-state index contributed by atoms with van der Waals surface area (Å²) in [4.78, 5) is 19.2. The fourth-order valence-corrected chi connectivity index (χ4v) is 3.42. The van der Waals surface area contributed by atoms with Crippen molar-refractivity contribution in [1.29, 1.82) is 0 Å². The maximum absolute atomic E-state index is 13.1. The Morgan fingerprint density at radius 1 is 1.26 bits per heavy atom. The van der Waals surface area contributed by atoms with Crippen LogP contribution in [0, 0.1) is 13.8 Å². The molecule has 0 fully saturated rings. The number of nitrogens with zero attached hydrogens (tertiary/aromatic N) is 7. The maximum atomic E-state index is 13.1. The second-order valence-corrected chi connectivity index (χ2v) is 6.76. The minimum atomic E-state index is -1.02. The highest BCUT2D eigenvalue weighted by atomic mass is 16.3. The lowest BCUT2D eigenvalue weighted by Gasteiger charge is -2.19. The highest BCUT2D eigenvalue weighted by Crippen LogP contribution is 2.19. The summed E-state index contributed by atoms with van der Waals surface area (Å²) in [6.45, 7) is 4.91. The molecule has 0 bridgehead atoms. The molecule has 0 saturated heterocycles. The second-order valence-electron chi connectivity index (χ2n) is 6.76. The van der Waals surface area contributed by atoms with Crippen molar-refractivity contribution in [3.63, 3.8) is 0 Å². The lowest BCUT2D eigenvalue weighted by atomic mass is 10.2. The van der Waals surface area contributed by atoms with Gasteiger partial charge in [-0.3, -0.25) is 13.9 Å². The van der Waals surface area contributed by atoms with Crippen molar-refractivity contribution >= 4 is 11.7 Å². The first-order chi connectivity index (χ1) is 13.0. The van der Waals surface area contributed by atoms with Crippen molar-refractivity contribution in [2.45, 2.75) is 39.5 Å². The van der Waals surface area contributed by atoms with Gasteiger partial charge in [0, 0.05) is 24.5 Å². The van der Waals surface area contributed by atoms with Gasteiger partial charge in [-0.05, 0) is 32.4 Å². The van der Waals surface area contributed by atoms with Crippen LogP contribution in [0.4, 0.5) is 0 Å². The van der Waals surface area contributed by atoms with Crippen molar-refractivity contribution < 1.29 is 15.0 Å². The molecule has 1 aliphatic heterocycles. The van der Waals surface area contributed by atoms with E-state index in [-0.39, 0.29) is 11.7 Å². The summed E-state index contributed by atoms with van der Waals surface area (Å²) in [6.07, 6.45) is -0.298. The summed E-state index contributed by atoms with van der Waals surface area (Å²) in [5.74, 6) is 0.415. The van der Waals surface area contributed by atoms with Crippen molar-refractivity contribution in [3.05, 3.63) is 40.7 Å². The van der Waals surface area contributed by atoms with E-state index in [1.165, 1.54) is 0 Å². The fourth-order valence-electron chi connectivity index (χ4n) is 3.42. The molecule has 27 heavy (non-hydrogen) atoms.